The molecule has 0 spiro atoms. The molecule has 0 radical (unpaired) electrons. The molecule has 1 N–H and O–H groups in total. The molecule has 6 heteroatoms. The standard InChI is InChI=1S/C19H20N2O4/c1-12-16(13(2)21-19(23)17(12)10-20)8-9-18(22)25-11-14-4-6-15(24-3)7-5-14/h4-7H,8-9,11H2,1-3H3,(H,21,23). The van der Waals surface area contributed by atoms with Crippen LogP contribution in [0.25, 0.3) is 0 Å². The van der Waals surface area contributed by atoms with Crippen LogP contribution in [0.4, 0.5) is 0 Å². The molecule has 0 aliphatic rings. The minimum atomic E-state index is -0.400. The van der Waals surface area contributed by atoms with Crippen molar-refractivity contribution in [1.82, 2.24) is 4.98 Å². The first kappa shape index (κ1) is 18.3. The maximum atomic E-state index is 12.0. The van der Waals surface area contributed by atoms with Crippen molar-refractivity contribution in [3.8, 4) is 11.8 Å². The number of nitrogens with one attached hydrogen (secondary N) is 1. The van der Waals surface area contributed by atoms with Crippen LogP contribution in [0, 0.1) is 25.2 Å². The highest BCUT2D eigenvalue weighted by molar-refractivity contribution is 5.70. The number of nitriles is 1. The molecule has 1 aromatic carbocycles. The van der Waals surface area contributed by atoms with E-state index in [9.17, 15) is 9.59 Å². The first-order valence-corrected chi connectivity index (χ1v) is 7.87. The summed E-state index contributed by atoms with van der Waals surface area (Å²) in [5.74, 6) is 0.409. The number of ether oxygens (including phenoxy) is 2. The lowest BCUT2D eigenvalue weighted by molar-refractivity contribution is -0.144. The summed E-state index contributed by atoms with van der Waals surface area (Å²) < 4.78 is 10.3. The van der Waals surface area contributed by atoms with Crippen LogP contribution in [-0.4, -0.2) is 18.1 Å². The van der Waals surface area contributed by atoms with E-state index in [0.29, 0.717) is 17.7 Å². The lowest BCUT2D eigenvalue weighted by Crippen LogP contribution is -2.17. The van der Waals surface area contributed by atoms with Gasteiger partial charge in [-0.2, -0.15) is 5.26 Å². The normalized spacial score (nSPS) is 10.2. The van der Waals surface area contributed by atoms with E-state index >= 15 is 0 Å². The van der Waals surface area contributed by atoms with E-state index in [4.69, 9.17) is 14.7 Å². The Kier molecular flexibility index (Phi) is 5.96. The Labute approximate surface area is 146 Å². The molecule has 25 heavy (non-hydrogen) atoms. The smallest absolute Gasteiger partial charge is 0.306 e. The Balaban J connectivity index is 1.96. The zero-order valence-electron chi connectivity index (χ0n) is 14.5. The molecule has 0 saturated carbocycles. The van der Waals surface area contributed by atoms with Crippen LogP contribution in [0.1, 0.15) is 34.4 Å². The number of esters is 1. The molecule has 1 heterocycles. The highest BCUT2D eigenvalue weighted by Crippen LogP contribution is 2.16. The third kappa shape index (κ3) is 4.48. The van der Waals surface area contributed by atoms with Crippen molar-refractivity contribution in [2.24, 2.45) is 0 Å². The number of hydrogen-bond donors (Lipinski definition) is 1. The van der Waals surface area contributed by atoms with E-state index in [-0.39, 0.29) is 24.6 Å². The Bertz CT molecular complexity index is 861. The van der Waals surface area contributed by atoms with Gasteiger partial charge in [0.1, 0.15) is 24.0 Å². The maximum absolute atomic E-state index is 12.0. The highest BCUT2D eigenvalue weighted by Gasteiger charge is 2.14. The quantitative estimate of drug-likeness (QED) is 0.816. The number of rotatable bonds is 6. The number of H-pyrrole nitrogens is 1. The number of nitrogens with zero attached hydrogens (tertiary/aromatic N) is 1. The summed E-state index contributed by atoms with van der Waals surface area (Å²) in [6.45, 7) is 3.67. The average Bonchev–Trinajstić information content (AvgIpc) is 2.60. The summed E-state index contributed by atoms with van der Waals surface area (Å²) in [7, 11) is 1.59. The number of aromatic amines is 1. The number of aromatic nitrogens is 1. The molecular formula is C19H20N2O4. The lowest BCUT2D eigenvalue weighted by Gasteiger charge is -2.11. The first-order chi connectivity index (χ1) is 12.0. The van der Waals surface area contributed by atoms with Crippen molar-refractivity contribution in [3.63, 3.8) is 0 Å². The zero-order valence-corrected chi connectivity index (χ0v) is 14.5. The van der Waals surface area contributed by atoms with Gasteiger partial charge in [0.05, 0.1) is 7.11 Å². The largest absolute Gasteiger partial charge is 0.497 e. The second kappa shape index (κ2) is 8.15. The summed E-state index contributed by atoms with van der Waals surface area (Å²) in [6.07, 6.45) is 0.583. The van der Waals surface area contributed by atoms with E-state index in [1.807, 2.05) is 18.2 Å². The van der Waals surface area contributed by atoms with Gasteiger partial charge in [0.2, 0.25) is 0 Å². The molecule has 0 amide bonds. The molecule has 0 aliphatic carbocycles. The second-order valence-corrected chi connectivity index (χ2v) is 5.68. The molecule has 6 nitrogen and oxygen atoms in total. The van der Waals surface area contributed by atoms with E-state index in [1.165, 1.54) is 0 Å². The molecule has 130 valence electrons. The van der Waals surface area contributed by atoms with Gasteiger partial charge in [0, 0.05) is 12.1 Å². The van der Waals surface area contributed by atoms with E-state index < -0.39 is 5.56 Å². The molecule has 2 aromatic rings. The van der Waals surface area contributed by atoms with Crippen LogP contribution in [0.15, 0.2) is 29.1 Å². The number of methoxy groups -OCH3 is 1. The van der Waals surface area contributed by atoms with Gasteiger partial charge in [-0.25, -0.2) is 0 Å². The predicted molar refractivity (Wildman–Crippen MR) is 92.4 cm³/mol. The Morgan fingerprint density at radius 3 is 2.52 bits per heavy atom. The summed E-state index contributed by atoms with van der Waals surface area (Å²) in [5, 5.41) is 9.07. The van der Waals surface area contributed by atoms with Gasteiger partial charge in [-0.1, -0.05) is 12.1 Å². The monoisotopic (exact) mass is 340 g/mol. The van der Waals surface area contributed by atoms with Gasteiger partial charge in [-0.05, 0) is 49.1 Å². The molecule has 0 fully saturated rings. The summed E-state index contributed by atoms with van der Waals surface area (Å²) in [6, 6.07) is 9.18. The van der Waals surface area contributed by atoms with Crippen molar-refractivity contribution in [3.05, 3.63) is 62.6 Å². The van der Waals surface area contributed by atoms with Crippen LogP contribution in [-0.2, 0) is 22.6 Å². The SMILES string of the molecule is COc1ccc(COC(=O)CCc2c(C)[nH]c(=O)c(C#N)c2C)cc1. The van der Waals surface area contributed by atoms with Crippen LogP contribution in [0.2, 0.25) is 0 Å². The minimum Gasteiger partial charge on any atom is -0.497 e. The van der Waals surface area contributed by atoms with E-state index in [2.05, 4.69) is 4.98 Å². The Hall–Kier alpha value is -3.07. The zero-order chi connectivity index (χ0) is 18.4. The number of carbonyl (C=O) groups excluding carboxylic acids is 1. The van der Waals surface area contributed by atoms with Crippen LogP contribution in [0.3, 0.4) is 0 Å². The fourth-order valence-corrected chi connectivity index (χ4v) is 2.61. The van der Waals surface area contributed by atoms with E-state index in [0.717, 1.165) is 16.9 Å². The number of hydrogen-bond acceptors (Lipinski definition) is 5. The van der Waals surface area contributed by atoms with Gasteiger partial charge < -0.3 is 14.5 Å². The third-order valence-electron chi connectivity index (χ3n) is 4.06. The molecule has 1 aromatic heterocycles. The topological polar surface area (TPSA) is 92.2 Å². The number of benzene rings is 1. The van der Waals surface area contributed by atoms with Gasteiger partial charge in [0.15, 0.2) is 0 Å². The molecule has 2 rings (SSSR count). The van der Waals surface area contributed by atoms with Gasteiger partial charge in [0.25, 0.3) is 5.56 Å². The average molecular weight is 340 g/mol. The van der Waals surface area contributed by atoms with Crippen molar-refractivity contribution in [2.75, 3.05) is 7.11 Å². The summed E-state index contributed by atoms with van der Waals surface area (Å²) in [5.41, 5.74) is 2.65. The molecule has 0 aliphatic heterocycles. The van der Waals surface area contributed by atoms with Gasteiger partial charge >= 0.3 is 5.97 Å². The number of pyridine rings is 1. The van der Waals surface area contributed by atoms with Crippen molar-refractivity contribution < 1.29 is 14.3 Å². The molecular weight excluding hydrogens is 320 g/mol. The van der Waals surface area contributed by atoms with E-state index in [1.54, 1.807) is 33.1 Å². The molecule has 0 unspecified atom stereocenters. The molecule has 0 atom stereocenters. The second-order valence-electron chi connectivity index (χ2n) is 5.68. The van der Waals surface area contributed by atoms with Crippen LogP contribution in [0.5, 0.6) is 5.75 Å². The van der Waals surface area contributed by atoms with Crippen molar-refractivity contribution >= 4 is 5.97 Å². The van der Waals surface area contributed by atoms with Crippen LogP contribution >= 0.6 is 0 Å². The fourth-order valence-electron chi connectivity index (χ4n) is 2.61. The van der Waals surface area contributed by atoms with Crippen molar-refractivity contribution in [1.29, 1.82) is 5.26 Å². The number of carbonyl (C=O) groups is 1. The van der Waals surface area contributed by atoms with Gasteiger partial charge in [-0.15, -0.1) is 0 Å². The van der Waals surface area contributed by atoms with Crippen LogP contribution < -0.4 is 10.3 Å². The number of aryl methyl sites for hydroxylation is 1. The Morgan fingerprint density at radius 2 is 1.92 bits per heavy atom. The van der Waals surface area contributed by atoms with Gasteiger partial charge in [-0.3, -0.25) is 9.59 Å². The maximum Gasteiger partial charge on any atom is 0.306 e. The predicted octanol–water partition coefficient (Wildman–Crippen LogP) is 2.55. The van der Waals surface area contributed by atoms with Crippen molar-refractivity contribution in [2.45, 2.75) is 33.3 Å². The summed E-state index contributed by atoms with van der Waals surface area (Å²) >= 11 is 0. The lowest BCUT2D eigenvalue weighted by atomic mass is 9.99. The third-order valence-corrected chi connectivity index (χ3v) is 4.06. The Morgan fingerprint density at radius 1 is 1.24 bits per heavy atom. The molecule has 0 saturated heterocycles. The first-order valence-electron chi connectivity index (χ1n) is 7.87. The molecule has 0 bridgehead atoms. The summed E-state index contributed by atoms with van der Waals surface area (Å²) in [4.78, 5) is 26.3. The highest BCUT2D eigenvalue weighted by atomic mass is 16.5. The fraction of sp³-hybridized carbons (Fsp3) is 0.316. The minimum absolute atomic E-state index is 0.0900.